The zero-order valence-corrected chi connectivity index (χ0v) is 15.0. The molecule has 2 saturated heterocycles. The highest BCUT2D eigenvalue weighted by Crippen LogP contribution is 2.29. The van der Waals surface area contributed by atoms with Crippen LogP contribution in [0.25, 0.3) is 0 Å². The number of benzene rings is 1. The van der Waals surface area contributed by atoms with Gasteiger partial charge in [0.05, 0.1) is 29.6 Å². The number of hydrogen-bond donors (Lipinski definition) is 1. The molecule has 0 saturated carbocycles. The number of primary sulfonamides is 1. The van der Waals surface area contributed by atoms with Gasteiger partial charge in [0.25, 0.3) is 0 Å². The van der Waals surface area contributed by atoms with Gasteiger partial charge in [0.15, 0.2) is 5.75 Å². The Morgan fingerprint density at radius 3 is 2.42 bits per heavy atom. The van der Waals surface area contributed by atoms with E-state index in [1.807, 2.05) is 0 Å². The van der Waals surface area contributed by atoms with E-state index in [0.717, 1.165) is 25.3 Å². The van der Waals surface area contributed by atoms with E-state index in [1.54, 1.807) is 0 Å². The molecule has 11 heteroatoms. The normalized spacial score (nSPS) is 20.1. The molecular weight excluding hydrogens is 368 g/mol. The Bertz CT molecular complexity index is 692. The average molecular weight is 390 g/mol. The molecule has 2 N–H and O–H groups in total. The molecular formula is C15H22N2O8S. The number of sulfonamides is 1. The first kappa shape index (κ1) is 20.5. The van der Waals surface area contributed by atoms with Gasteiger partial charge in [0.2, 0.25) is 10.0 Å². The topological polar surface area (TPSA) is 140 Å². The zero-order valence-electron chi connectivity index (χ0n) is 14.2. The Hall–Kier alpha value is -1.79. The Morgan fingerprint density at radius 1 is 1.19 bits per heavy atom. The lowest BCUT2D eigenvalue weighted by Crippen LogP contribution is -2.33. The van der Waals surface area contributed by atoms with Crippen LogP contribution in [-0.2, 0) is 24.2 Å². The lowest BCUT2D eigenvalue weighted by molar-refractivity contribution is -0.386. The fourth-order valence-electron chi connectivity index (χ4n) is 2.26. The minimum atomic E-state index is -4.02. The number of nitrogens with zero attached hydrogens (tertiary/aromatic N) is 1. The van der Waals surface area contributed by atoms with Crippen LogP contribution in [0.2, 0.25) is 0 Å². The highest BCUT2D eigenvalue weighted by molar-refractivity contribution is 7.89. The van der Waals surface area contributed by atoms with Crippen molar-refractivity contribution in [2.24, 2.45) is 5.14 Å². The van der Waals surface area contributed by atoms with Gasteiger partial charge in [-0.2, -0.15) is 0 Å². The molecule has 0 radical (unpaired) electrons. The first-order valence-electron chi connectivity index (χ1n) is 8.09. The summed E-state index contributed by atoms with van der Waals surface area (Å²) in [6.07, 6.45) is 2.23. The third-order valence-electron chi connectivity index (χ3n) is 3.59. The lowest BCUT2D eigenvalue weighted by atomic mass is 10.3. The van der Waals surface area contributed by atoms with Gasteiger partial charge in [-0.3, -0.25) is 10.1 Å². The second kappa shape index (κ2) is 9.78. The minimum Gasteiger partial charge on any atom is -0.484 e. The second-order valence-corrected chi connectivity index (χ2v) is 7.19. The summed E-state index contributed by atoms with van der Waals surface area (Å²) < 4.78 is 43.2. The molecule has 0 bridgehead atoms. The zero-order chi connectivity index (χ0) is 19.0. The maximum absolute atomic E-state index is 11.2. The number of hydrogen-bond acceptors (Lipinski definition) is 8. The second-order valence-electron chi connectivity index (χ2n) is 5.63. The predicted octanol–water partition coefficient (Wildman–Crippen LogP) is 0.833. The van der Waals surface area contributed by atoms with Crippen molar-refractivity contribution in [3.05, 3.63) is 28.3 Å². The van der Waals surface area contributed by atoms with E-state index in [0.29, 0.717) is 19.8 Å². The van der Waals surface area contributed by atoms with Crippen molar-refractivity contribution in [2.75, 3.05) is 39.6 Å². The summed E-state index contributed by atoms with van der Waals surface area (Å²) in [4.78, 5) is 9.90. The van der Waals surface area contributed by atoms with Crippen LogP contribution in [-0.4, -0.2) is 59.1 Å². The van der Waals surface area contributed by atoms with Crippen LogP contribution in [0.3, 0.4) is 0 Å². The van der Waals surface area contributed by atoms with Crippen LogP contribution in [0.1, 0.15) is 12.8 Å². The summed E-state index contributed by atoms with van der Waals surface area (Å²) >= 11 is 0. The van der Waals surface area contributed by atoms with E-state index in [1.165, 1.54) is 18.9 Å². The molecule has 0 amide bonds. The molecule has 1 atom stereocenters. The van der Waals surface area contributed by atoms with Crippen LogP contribution in [0.4, 0.5) is 5.69 Å². The molecule has 2 aliphatic heterocycles. The molecule has 2 aliphatic rings. The molecule has 2 fully saturated rings. The molecule has 2 heterocycles. The van der Waals surface area contributed by atoms with Gasteiger partial charge in [-0.25, -0.2) is 13.6 Å². The summed E-state index contributed by atoms with van der Waals surface area (Å²) in [7, 11) is -4.02. The maximum Gasteiger partial charge on any atom is 0.312 e. The van der Waals surface area contributed by atoms with Crippen LogP contribution in [0, 0.1) is 10.1 Å². The fraction of sp³-hybridized carbons (Fsp3) is 0.600. The fourth-order valence-corrected chi connectivity index (χ4v) is 2.80. The molecule has 0 aromatic heterocycles. The van der Waals surface area contributed by atoms with E-state index in [2.05, 4.69) is 0 Å². The third-order valence-corrected chi connectivity index (χ3v) is 4.50. The number of nitro benzene ring substituents is 1. The summed E-state index contributed by atoms with van der Waals surface area (Å²) in [5.74, 6) is -0.0541. The first-order valence-corrected chi connectivity index (χ1v) is 9.63. The van der Waals surface area contributed by atoms with Crippen LogP contribution < -0.4 is 9.88 Å². The van der Waals surface area contributed by atoms with Gasteiger partial charge in [-0.1, -0.05) is 0 Å². The summed E-state index contributed by atoms with van der Waals surface area (Å²) in [6.45, 7) is 3.33. The largest absolute Gasteiger partial charge is 0.484 e. The SMILES string of the molecule is C1CCOC1.NS(=O)(=O)c1ccc(OCC2COCCO2)c([N+](=O)[O-])c1. The predicted molar refractivity (Wildman–Crippen MR) is 90.6 cm³/mol. The molecule has 0 aliphatic carbocycles. The van der Waals surface area contributed by atoms with E-state index < -0.39 is 20.6 Å². The molecule has 1 aromatic carbocycles. The number of ether oxygens (including phenoxy) is 4. The lowest BCUT2D eigenvalue weighted by Gasteiger charge is -2.22. The van der Waals surface area contributed by atoms with E-state index in [9.17, 15) is 18.5 Å². The highest BCUT2D eigenvalue weighted by Gasteiger charge is 2.22. The van der Waals surface area contributed by atoms with Gasteiger partial charge in [-0.15, -0.1) is 0 Å². The molecule has 0 spiro atoms. The van der Waals surface area contributed by atoms with E-state index in [4.69, 9.17) is 24.1 Å². The third kappa shape index (κ3) is 6.50. The minimum absolute atomic E-state index is 0.0541. The Balaban J connectivity index is 0.000000417. The number of nitro groups is 1. The quantitative estimate of drug-likeness (QED) is 0.576. The van der Waals surface area contributed by atoms with Crippen molar-refractivity contribution in [3.63, 3.8) is 0 Å². The van der Waals surface area contributed by atoms with Crippen LogP contribution in [0.15, 0.2) is 23.1 Å². The molecule has 3 rings (SSSR count). The number of rotatable bonds is 5. The standard InChI is InChI=1S/C11H14N2O7S.C4H8O/c12-21(16,17)9-1-2-11(10(5-9)13(14)15)20-7-8-6-18-3-4-19-8;1-2-4-5-3-1/h1-2,5,8H,3-4,6-7H2,(H2,12,16,17);1-4H2. The highest BCUT2D eigenvalue weighted by atomic mass is 32.2. The van der Waals surface area contributed by atoms with Gasteiger partial charge >= 0.3 is 5.69 Å². The van der Waals surface area contributed by atoms with Gasteiger partial charge in [-0.05, 0) is 25.0 Å². The molecule has 1 aromatic rings. The van der Waals surface area contributed by atoms with E-state index in [-0.39, 0.29) is 23.4 Å². The van der Waals surface area contributed by atoms with Crippen molar-refractivity contribution >= 4 is 15.7 Å². The van der Waals surface area contributed by atoms with Gasteiger partial charge in [0.1, 0.15) is 12.7 Å². The molecule has 146 valence electrons. The van der Waals surface area contributed by atoms with Crippen molar-refractivity contribution in [1.82, 2.24) is 0 Å². The summed E-state index contributed by atoms with van der Waals surface area (Å²) in [6, 6.07) is 3.21. The Labute approximate surface area is 151 Å². The molecule has 26 heavy (non-hydrogen) atoms. The van der Waals surface area contributed by atoms with Crippen molar-refractivity contribution in [3.8, 4) is 5.75 Å². The van der Waals surface area contributed by atoms with Crippen molar-refractivity contribution in [1.29, 1.82) is 0 Å². The van der Waals surface area contributed by atoms with E-state index >= 15 is 0 Å². The number of nitrogens with two attached hydrogens (primary N) is 1. The Kier molecular flexibility index (Phi) is 7.72. The monoisotopic (exact) mass is 390 g/mol. The average Bonchev–Trinajstić information content (AvgIpc) is 3.20. The maximum atomic E-state index is 11.2. The van der Waals surface area contributed by atoms with Gasteiger partial charge < -0.3 is 18.9 Å². The summed E-state index contributed by atoms with van der Waals surface area (Å²) in [5, 5.41) is 15.9. The van der Waals surface area contributed by atoms with Crippen LogP contribution in [0.5, 0.6) is 5.75 Å². The molecule has 10 nitrogen and oxygen atoms in total. The van der Waals surface area contributed by atoms with Gasteiger partial charge in [0, 0.05) is 19.3 Å². The van der Waals surface area contributed by atoms with Crippen molar-refractivity contribution < 1.29 is 32.3 Å². The Morgan fingerprint density at radius 2 is 1.92 bits per heavy atom. The summed E-state index contributed by atoms with van der Waals surface area (Å²) in [5.41, 5.74) is -0.474. The van der Waals surface area contributed by atoms with Crippen molar-refractivity contribution in [2.45, 2.75) is 23.8 Å². The molecule has 1 unspecified atom stereocenters. The van der Waals surface area contributed by atoms with Crippen LogP contribution >= 0.6 is 0 Å². The smallest absolute Gasteiger partial charge is 0.312 e. The first-order chi connectivity index (χ1) is 12.4.